The van der Waals surface area contributed by atoms with E-state index in [0.717, 1.165) is 17.1 Å². The van der Waals surface area contributed by atoms with Crippen LogP contribution in [0.5, 0.6) is 0 Å². The predicted molar refractivity (Wildman–Crippen MR) is 182 cm³/mol. The zero-order valence-corrected chi connectivity index (χ0v) is 25.5. The molecule has 218 valence electrons. The van der Waals surface area contributed by atoms with E-state index >= 15 is 0 Å². The molecule has 0 amide bonds. The van der Waals surface area contributed by atoms with Gasteiger partial charge in [-0.25, -0.2) is 0 Å². The van der Waals surface area contributed by atoms with E-state index in [1.807, 2.05) is 58.2 Å². The smallest absolute Gasteiger partial charge is 0.232 e. The van der Waals surface area contributed by atoms with Crippen LogP contribution in [0.4, 0.5) is 29.0 Å². The van der Waals surface area contributed by atoms with Crippen molar-refractivity contribution in [3.63, 3.8) is 0 Å². The van der Waals surface area contributed by atoms with Crippen LogP contribution in [0.15, 0.2) is 127 Å². The monoisotopic (exact) mass is 576 g/mol. The number of nitrogens with zero attached hydrogens (tertiary/aromatic N) is 3. The summed E-state index contributed by atoms with van der Waals surface area (Å²) < 4.78 is 0. The molecule has 6 aromatic rings. The Bertz CT molecular complexity index is 1820. The lowest BCUT2D eigenvalue weighted by molar-refractivity contribution is 0.769. The highest BCUT2D eigenvalue weighted by Crippen LogP contribution is 2.56. The Balaban J connectivity index is 0.00000168. The molecule has 0 unspecified atom stereocenters. The first-order valence-electron chi connectivity index (χ1n) is 15.0. The maximum Gasteiger partial charge on any atom is 0.232 e. The number of anilines is 5. The van der Waals surface area contributed by atoms with Crippen LogP contribution in [0.1, 0.15) is 41.9 Å². The molecule has 0 radical (unpaired) electrons. The van der Waals surface area contributed by atoms with Crippen molar-refractivity contribution in [2.75, 3.05) is 23.0 Å². The van der Waals surface area contributed by atoms with E-state index in [0.29, 0.717) is 17.7 Å². The fourth-order valence-electron chi connectivity index (χ4n) is 6.09. The van der Waals surface area contributed by atoms with E-state index < -0.39 is 5.41 Å². The van der Waals surface area contributed by atoms with Gasteiger partial charge in [-0.05, 0) is 76.7 Å². The Morgan fingerprint density at radius 2 is 0.909 bits per heavy atom. The number of hydrogen-bond donors (Lipinski definition) is 3. The van der Waals surface area contributed by atoms with Gasteiger partial charge in [-0.2, -0.15) is 15.0 Å². The number of rotatable bonds is 7. The van der Waals surface area contributed by atoms with Crippen LogP contribution in [-0.2, 0) is 5.41 Å². The zero-order chi connectivity index (χ0) is 30.5. The largest absolute Gasteiger partial charge is 0.388 e. The first kappa shape index (κ1) is 28.6. The van der Waals surface area contributed by atoms with Gasteiger partial charge in [0.1, 0.15) is 5.82 Å². The van der Waals surface area contributed by atoms with Gasteiger partial charge in [-0.1, -0.05) is 105 Å². The second-order valence-electron chi connectivity index (χ2n) is 10.4. The molecule has 0 spiro atoms. The molecule has 0 saturated heterocycles. The fourth-order valence-corrected chi connectivity index (χ4v) is 6.09. The summed E-state index contributed by atoms with van der Waals surface area (Å²) in [5.41, 5.74) is 9.99. The van der Waals surface area contributed by atoms with E-state index in [-0.39, 0.29) is 0 Å². The molecule has 0 atom stereocenters. The van der Waals surface area contributed by atoms with E-state index in [4.69, 9.17) is 0 Å². The number of para-hydroxylation sites is 1. The molecule has 0 bridgehead atoms. The molecule has 3 N–H and O–H groups in total. The Labute approximate surface area is 259 Å². The molecule has 1 heterocycles. The second kappa shape index (κ2) is 12.4. The van der Waals surface area contributed by atoms with Crippen molar-refractivity contribution in [3.8, 4) is 11.1 Å². The van der Waals surface area contributed by atoms with Crippen LogP contribution in [0.2, 0.25) is 0 Å². The quantitative estimate of drug-likeness (QED) is 0.176. The summed E-state index contributed by atoms with van der Waals surface area (Å²) in [6.45, 7) is 5.87. The average molecular weight is 577 g/mol. The summed E-state index contributed by atoms with van der Waals surface area (Å²) in [5.74, 6) is 1.62. The van der Waals surface area contributed by atoms with Gasteiger partial charge in [-0.15, -0.1) is 0 Å². The van der Waals surface area contributed by atoms with Gasteiger partial charge in [0.15, 0.2) is 0 Å². The van der Waals surface area contributed by atoms with Crippen LogP contribution in [0.3, 0.4) is 0 Å². The molecule has 1 aromatic heterocycles. The number of benzene rings is 5. The summed E-state index contributed by atoms with van der Waals surface area (Å²) in [6, 6.07) is 44.8. The second-order valence-corrected chi connectivity index (χ2v) is 10.4. The molecule has 1 aliphatic carbocycles. The van der Waals surface area contributed by atoms with Crippen molar-refractivity contribution >= 4 is 29.0 Å². The molecular weight excluding hydrogens is 540 g/mol. The minimum atomic E-state index is -0.450. The number of aromatic nitrogens is 3. The lowest BCUT2D eigenvalue weighted by atomic mass is 9.67. The Morgan fingerprint density at radius 3 is 1.41 bits per heavy atom. The standard InChI is InChI=1S/C36H30N6.C2H6/c1-24-38-34(40-28-10-4-3-5-11-28)42-35(39-24)41-29-22-18-26(19-23-29)36(25-16-20-27(37-2)21-17-25)32-14-8-6-12-30(32)31-13-7-9-15-33(31)36;1-2/h3-23,37H,1-2H3,(H2,38,39,40,41,42);1-2H3. The van der Waals surface area contributed by atoms with E-state index in [1.54, 1.807) is 0 Å². The maximum atomic E-state index is 4.61. The van der Waals surface area contributed by atoms with Gasteiger partial charge in [0, 0.05) is 24.1 Å². The zero-order valence-electron chi connectivity index (χ0n) is 25.5. The van der Waals surface area contributed by atoms with Crippen molar-refractivity contribution in [2.45, 2.75) is 26.2 Å². The molecule has 44 heavy (non-hydrogen) atoms. The van der Waals surface area contributed by atoms with Crippen molar-refractivity contribution in [3.05, 3.63) is 155 Å². The third-order valence-corrected chi connectivity index (χ3v) is 7.91. The summed E-state index contributed by atoms with van der Waals surface area (Å²) in [7, 11) is 1.95. The first-order chi connectivity index (χ1) is 21.6. The summed E-state index contributed by atoms with van der Waals surface area (Å²) in [4.78, 5) is 13.6. The van der Waals surface area contributed by atoms with E-state index in [2.05, 4.69) is 128 Å². The van der Waals surface area contributed by atoms with Gasteiger partial charge in [-0.3, -0.25) is 0 Å². The molecule has 0 saturated carbocycles. The average Bonchev–Trinajstić information content (AvgIpc) is 3.37. The van der Waals surface area contributed by atoms with Gasteiger partial charge < -0.3 is 16.0 Å². The summed E-state index contributed by atoms with van der Waals surface area (Å²) in [6.07, 6.45) is 0. The van der Waals surface area contributed by atoms with Gasteiger partial charge >= 0.3 is 0 Å². The molecule has 0 aliphatic heterocycles. The lowest BCUT2D eigenvalue weighted by Gasteiger charge is -2.34. The van der Waals surface area contributed by atoms with Crippen LogP contribution < -0.4 is 16.0 Å². The predicted octanol–water partition coefficient (Wildman–Crippen LogP) is 9.10. The van der Waals surface area contributed by atoms with Crippen LogP contribution in [-0.4, -0.2) is 22.0 Å². The molecular formula is C38H36N6. The highest BCUT2D eigenvalue weighted by atomic mass is 15.2. The Morgan fingerprint density at radius 1 is 0.477 bits per heavy atom. The minimum Gasteiger partial charge on any atom is -0.388 e. The highest BCUT2D eigenvalue weighted by molar-refractivity contribution is 5.86. The topological polar surface area (TPSA) is 74.8 Å². The van der Waals surface area contributed by atoms with Crippen molar-refractivity contribution in [1.82, 2.24) is 15.0 Å². The summed E-state index contributed by atoms with van der Waals surface area (Å²) >= 11 is 0. The SMILES string of the molecule is CC.CNc1ccc(C2(c3ccc(Nc4nc(C)nc(Nc5ccccc5)n4)cc3)c3ccccc3-c3ccccc32)cc1. The number of hydrogen-bond acceptors (Lipinski definition) is 6. The van der Waals surface area contributed by atoms with Crippen LogP contribution in [0.25, 0.3) is 11.1 Å². The lowest BCUT2D eigenvalue weighted by Crippen LogP contribution is -2.28. The first-order valence-corrected chi connectivity index (χ1v) is 15.0. The Hall–Kier alpha value is -5.49. The fraction of sp³-hybridized carbons (Fsp3) is 0.132. The number of nitrogens with one attached hydrogen (secondary N) is 3. The summed E-state index contributed by atoms with van der Waals surface area (Å²) in [5, 5.41) is 9.90. The van der Waals surface area contributed by atoms with Gasteiger partial charge in [0.05, 0.1) is 5.41 Å². The van der Waals surface area contributed by atoms with E-state index in [1.165, 1.54) is 33.4 Å². The molecule has 0 fully saturated rings. The molecule has 6 nitrogen and oxygen atoms in total. The minimum absolute atomic E-state index is 0.450. The number of aryl methyl sites for hydroxylation is 1. The van der Waals surface area contributed by atoms with Gasteiger partial charge in [0.25, 0.3) is 0 Å². The maximum absolute atomic E-state index is 4.61. The third kappa shape index (κ3) is 5.15. The molecule has 7 rings (SSSR count). The molecule has 6 heteroatoms. The van der Waals surface area contributed by atoms with Gasteiger partial charge in [0.2, 0.25) is 11.9 Å². The Kier molecular flexibility index (Phi) is 8.06. The van der Waals surface area contributed by atoms with Crippen molar-refractivity contribution in [2.24, 2.45) is 0 Å². The highest BCUT2D eigenvalue weighted by Gasteiger charge is 2.45. The van der Waals surface area contributed by atoms with E-state index in [9.17, 15) is 0 Å². The normalized spacial score (nSPS) is 12.3. The van der Waals surface area contributed by atoms with Crippen molar-refractivity contribution < 1.29 is 0 Å². The van der Waals surface area contributed by atoms with Crippen molar-refractivity contribution in [1.29, 1.82) is 0 Å². The molecule has 5 aromatic carbocycles. The third-order valence-electron chi connectivity index (χ3n) is 7.91. The van der Waals surface area contributed by atoms with Crippen LogP contribution >= 0.6 is 0 Å². The molecule has 1 aliphatic rings. The number of fused-ring (bicyclic) bond motifs is 3. The van der Waals surface area contributed by atoms with Crippen LogP contribution in [0, 0.1) is 6.92 Å².